The van der Waals surface area contributed by atoms with Gasteiger partial charge in [0.25, 0.3) is 0 Å². The average Bonchev–Trinajstić information content (AvgIpc) is 2.14. The van der Waals surface area contributed by atoms with Crippen LogP contribution in [0.3, 0.4) is 0 Å². The fourth-order valence-electron chi connectivity index (χ4n) is 0.770. The van der Waals surface area contributed by atoms with Crippen molar-refractivity contribution in [3.63, 3.8) is 0 Å². The fourth-order valence-corrected chi connectivity index (χ4v) is 0.770. The summed E-state index contributed by atoms with van der Waals surface area (Å²) in [5.41, 5.74) is 0.363. The number of esters is 1. The summed E-state index contributed by atoms with van der Waals surface area (Å²) in [6.45, 7) is 8.90. The van der Waals surface area contributed by atoms with Gasteiger partial charge in [-0.25, -0.2) is 4.79 Å². The zero-order chi connectivity index (χ0) is 10.1. The highest BCUT2D eigenvalue weighted by molar-refractivity contribution is 5.86. The summed E-state index contributed by atoms with van der Waals surface area (Å²) >= 11 is 0. The molecule has 0 amide bonds. The van der Waals surface area contributed by atoms with Gasteiger partial charge < -0.3 is 10.1 Å². The molecule has 0 saturated carbocycles. The van der Waals surface area contributed by atoms with E-state index in [9.17, 15) is 4.79 Å². The van der Waals surface area contributed by atoms with Crippen LogP contribution in [0.25, 0.3) is 0 Å². The minimum atomic E-state index is -0.335. The second kappa shape index (κ2) is 7.65. The highest BCUT2D eigenvalue weighted by Gasteiger charge is 2.05. The van der Waals surface area contributed by atoms with Gasteiger partial charge in [-0.3, -0.25) is 0 Å². The van der Waals surface area contributed by atoms with Gasteiger partial charge in [-0.05, 0) is 12.8 Å². The lowest BCUT2D eigenvalue weighted by Gasteiger charge is -2.07. The van der Waals surface area contributed by atoms with E-state index in [0.717, 1.165) is 25.8 Å². The standard InChI is InChI=1S/C10H19NO2/c1-4-6-7-11-9(3)10(12)13-8-5-2/h11H,3-8H2,1-2H3. The molecule has 0 bridgehead atoms. The topological polar surface area (TPSA) is 38.3 Å². The molecule has 0 aliphatic carbocycles. The number of nitrogens with one attached hydrogen (secondary N) is 1. The van der Waals surface area contributed by atoms with Crippen molar-refractivity contribution in [2.24, 2.45) is 0 Å². The maximum absolute atomic E-state index is 11.1. The van der Waals surface area contributed by atoms with Crippen molar-refractivity contribution >= 4 is 5.97 Å². The van der Waals surface area contributed by atoms with E-state index in [4.69, 9.17) is 4.74 Å². The molecule has 0 aromatic rings. The molecular formula is C10H19NO2. The Hall–Kier alpha value is -0.990. The van der Waals surface area contributed by atoms with E-state index in [2.05, 4.69) is 18.8 Å². The molecule has 13 heavy (non-hydrogen) atoms. The first-order valence-corrected chi connectivity index (χ1v) is 4.82. The third-order valence-electron chi connectivity index (χ3n) is 1.55. The largest absolute Gasteiger partial charge is 0.461 e. The molecule has 0 atom stereocenters. The Morgan fingerprint density at radius 3 is 2.62 bits per heavy atom. The fraction of sp³-hybridized carbons (Fsp3) is 0.700. The normalized spacial score (nSPS) is 9.38. The first kappa shape index (κ1) is 12.0. The van der Waals surface area contributed by atoms with Crippen LogP contribution < -0.4 is 5.32 Å². The van der Waals surface area contributed by atoms with Crippen LogP contribution in [0.5, 0.6) is 0 Å². The maximum Gasteiger partial charge on any atom is 0.353 e. The molecule has 0 saturated heterocycles. The van der Waals surface area contributed by atoms with Crippen molar-refractivity contribution in [3.8, 4) is 0 Å². The summed E-state index contributed by atoms with van der Waals surface area (Å²) in [4.78, 5) is 11.1. The molecule has 0 aromatic carbocycles. The Balaban J connectivity index is 3.51. The van der Waals surface area contributed by atoms with Crippen molar-refractivity contribution in [1.29, 1.82) is 0 Å². The molecule has 3 heteroatoms. The Morgan fingerprint density at radius 2 is 2.08 bits per heavy atom. The zero-order valence-corrected chi connectivity index (χ0v) is 8.56. The van der Waals surface area contributed by atoms with E-state index in [1.54, 1.807) is 0 Å². The van der Waals surface area contributed by atoms with Crippen molar-refractivity contribution in [2.75, 3.05) is 13.2 Å². The van der Waals surface area contributed by atoms with Crippen LogP contribution >= 0.6 is 0 Å². The lowest BCUT2D eigenvalue weighted by molar-refractivity contribution is -0.139. The van der Waals surface area contributed by atoms with Crippen LogP contribution in [0.1, 0.15) is 33.1 Å². The summed E-state index contributed by atoms with van der Waals surface area (Å²) in [5.74, 6) is -0.335. The van der Waals surface area contributed by atoms with Gasteiger partial charge in [-0.2, -0.15) is 0 Å². The average molecular weight is 185 g/mol. The minimum absolute atomic E-state index is 0.335. The number of hydrogen-bond acceptors (Lipinski definition) is 3. The van der Waals surface area contributed by atoms with Crippen molar-refractivity contribution in [1.82, 2.24) is 5.32 Å². The van der Waals surface area contributed by atoms with Crippen molar-refractivity contribution < 1.29 is 9.53 Å². The van der Waals surface area contributed by atoms with Crippen molar-refractivity contribution in [3.05, 3.63) is 12.3 Å². The molecule has 0 aliphatic heterocycles. The first-order valence-electron chi connectivity index (χ1n) is 4.82. The smallest absolute Gasteiger partial charge is 0.353 e. The Kier molecular flexibility index (Phi) is 7.07. The summed E-state index contributed by atoms with van der Waals surface area (Å²) in [5, 5.41) is 2.92. The number of hydrogen-bond donors (Lipinski definition) is 1. The molecular weight excluding hydrogens is 166 g/mol. The second-order valence-electron chi connectivity index (χ2n) is 2.89. The monoisotopic (exact) mass is 185 g/mol. The lowest BCUT2D eigenvalue weighted by atomic mass is 10.3. The van der Waals surface area contributed by atoms with Gasteiger partial charge in [0.15, 0.2) is 0 Å². The number of carbonyl (C=O) groups excluding carboxylic acids is 1. The second-order valence-corrected chi connectivity index (χ2v) is 2.89. The van der Waals surface area contributed by atoms with Crippen LogP contribution in [0, 0.1) is 0 Å². The van der Waals surface area contributed by atoms with Crippen LogP contribution in [0.2, 0.25) is 0 Å². The molecule has 0 fully saturated rings. The minimum Gasteiger partial charge on any atom is -0.461 e. The molecule has 0 heterocycles. The van der Waals surface area contributed by atoms with Gasteiger partial charge in [0.1, 0.15) is 5.70 Å². The van der Waals surface area contributed by atoms with Gasteiger partial charge in [-0.1, -0.05) is 26.8 Å². The predicted octanol–water partition coefficient (Wildman–Crippen LogP) is 1.84. The Bertz CT molecular complexity index is 166. The first-order chi connectivity index (χ1) is 6.22. The number of rotatable bonds is 7. The molecule has 1 N–H and O–H groups in total. The van der Waals surface area contributed by atoms with E-state index in [-0.39, 0.29) is 5.97 Å². The van der Waals surface area contributed by atoms with E-state index < -0.39 is 0 Å². The van der Waals surface area contributed by atoms with Crippen LogP contribution in [-0.4, -0.2) is 19.1 Å². The van der Waals surface area contributed by atoms with Gasteiger partial charge in [0, 0.05) is 6.54 Å². The summed E-state index contributed by atoms with van der Waals surface area (Å²) in [7, 11) is 0. The van der Waals surface area contributed by atoms with Crippen LogP contribution in [-0.2, 0) is 9.53 Å². The lowest BCUT2D eigenvalue weighted by Crippen LogP contribution is -2.22. The molecule has 0 unspecified atom stereocenters. The van der Waals surface area contributed by atoms with Crippen LogP contribution in [0.4, 0.5) is 0 Å². The summed E-state index contributed by atoms with van der Waals surface area (Å²) in [6, 6.07) is 0. The Labute approximate surface area is 80.2 Å². The van der Waals surface area contributed by atoms with E-state index >= 15 is 0 Å². The third kappa shape index (κ3) is 6.20. The van der Waals surface area contributed by atoms with E-state index in [1.165, 1.54) is 0 Å². The molecule has 0 aromatic heterocycles. The molecule has 0 spiro atoms. The zero-order valence-electron chi connectivity index (χ0n) is 8.56. The van der Waals surface area contributed by atoms with Gasteiger partial charge in [0.2, 0.25) is 0 Å². The Morgan fingerprint density at radius 1 is 1.38 bits per heavy atom. The summed E-state index contributed by atoms with van der Waals surface area (Å²) in [6.07, 6.45) is 2.98. The van der Waals surface area contributed by atoms with E-state index in [1.807, 2.05) is 6.92 Å². The molecule has 0 rings (SSSR count). The highest BCUT2D eigenvalue weighted by Crippen LogP contribution is 1.93. The number of carbonyl (C=O) groups is 1. The summed E-state index contributed by atoms with van der Waals surface area (Å²) < 4.78 is 4.88. The predicted molar refractivity (Wildman–Crippen MR) is 53.3 cm³/mol. The SMILES string of the molecule is C=C(NCCCC)C(=O)OCCC. The molecule has 76 valence electrons. The number of ether oxygens (including phenoxy) is 1. The third-order valence-corrected chi connectivity index (χ3v) is 1.55. The van der Waals surface area contributed by atoms with Gasteiger partial charge >= 0.3 is 5.97 Å². The van der Waals surface area contributed by atoms with Gasteiger partial charge in [-0.15, -0.1) is 0 Å². The maximum atomic E-state index is 11.1. The molecule has 3 nitrogen and oxygen atoms in total. The quantitative estimate of drug-likeness (QED) is 0.373. The molecule has 0 aliphatic rings. The van der Waals surface area contributed by atoms with Crippen molar-refractivity contribution in [2.45, 2.75) is 33.1 Å². The number of unbranched alkanes of at least 4 members (excludes halogenated alkanes) is 1. The van der Waals surface area contributed by atoms with Gasteiger partial charge in [0.05, 0.1) is 6.61 Å². The van der Waals surface area contributed by atoms with E-state index in [0.29, 0.717) is 12.3 Å². The highest BCUT2D eigenvalue weighted by atomic mass is 16.5. The molecule has 0 radical (unpaired) electrons. The van der Waals surface area contributed by atoms with Crippen LogP contribution in [0.15, 0.2) is 12.3 Å².